The van der Waals surface area contributed by atoms with Crippen LogP contribution in [0.5, 0.6) is 0 Å². The minimum Gasteiger partial charge on any atom is -0.350 e. The highest BCUT2D eigenvalue weighted by molar-refractivity contribution is 7.92. The van der Waals surface area contributed by atoms with E-state index < -0.39 is 39.0 Å². The highest BCUT2D eigenvalue weighted by atomic mass is 32.2. The van der Waals surface area contributed by atoms with Crippen molar-refractivity contribution in [1.82, 2.24) is 10.2 Å². The molecule has 0 saturated carbocycles. The summed E-state index contributed by atoms with van der Waals surface area (Å²) in [4.78, 5) is 39.9. The van der Waals surface area contributed by atoms with E-state index in [9.17, 15) is 28.1 Å². The van der Waals surface area contributed by atoms with Crippen LogP contribution in [0.3, 0.4) is 0 Å². The molecule has 11 heteroatoms. The van der Waals surface area contributed by atoms with Gasteiger partial charge in [-0.1, -0.05) is 66.2 Å². The Morgan fingerprint density at radius 3 is 2.17 bits per heavy atom. The number of nitrogens with zero attached hydrogens (tertiary/aromatic N) is 3. The summed E-state index contributed by atoms with van der Waals surface area (Å²) in [6.45, 7) is 6.82. The number of carbonyl (C=O) groups excluding carboxylic acids is 2. The average Bonchev–Trinajstić information content (AvgIpc) is 2.88. The first-order valence-corrected chi connectivity index (χ1v) is 14.9. The number of rotatable bonds is 11. The fourth-order valence-corrected chi connectivity index (χ4v) is 5.23. The molecule has 10 nitrogen and oxygen atoms in total. The minimum absolute atomic E-state index is 0.0238. The number of hydrogen-bond acceptors (Lipinski definition) is 6. The van der Waals surface area contributed by atoms with E-state index in [-0.39, 0.29) is 30.2 Å². The monoisotopic (exact) mass is 580 g/mol. The van der Waals surface area contributed by atoms with E-state index >= 15 is 0 Å². The molecule has 0 saturated heterocycles. The summed E-state index contributed by atoms with van der Waals surface area (Å²) in [5.41, 5.74) is 1.62. The second-order valence-corrected chi connectivity index (χ2v) is 12.9. The van der Waals surface area contributed by atoms with Crippen molar-refractivity contribution in [2.45, 2.75) is 52.2 Å². The van der Waals surface area contributed by atoms with Gasteiger partial charge in [0, 0.05) is 30.6 Å². The average molecular weight is 581 g/mol. The molecule has 1 unspecified atom stereocenters. The second kappa shape index (κ2) is 12.9. The van der Waals surface area contributed by atoms with Gasteiger partial charge in [-0.3, -0.25) is 24.0 Å². The third-order valence-corrected chi connectivity index (χ3v) is 7.35. The predicted octanol–water partition coefficient (Wildman–Crippen LogP) is 4.22. The maximum atomic E-state index is 14.1. The van der Waals surface area contributed by atoms with E-state index in [2.05, 4.69) is 5.32 Å². The number of sulfonamides is 1. The highest BCUT2D eigenvalue weighted by Gasteiger charge is 2.34. The van der Waals surface area contributed by atoms with Crippen LogP contribution >= 0.6 is 0 Å². The SMILES string of the molecule is Cc1cccc(CN(C(=O)CN(c2cccc([N+](=O)[O-])c2)S(C)(=O)=O)C(Cc2ccccc2)C(=O)NC(C)(C)C)c1. The van der Waals surface area contributed by atoms with E-state index in [4.69, 9.17) is 0 Å². The Kier molecular flexibility index (Phi) is 9.88. The molecule has 2 amide bonds. The lowest BCUT2D eigenvalue weighted by molar-refractivity contribution is -0.384. The zero-order valence-corrected chi connectivity index (χ0v) is 24.7. The standard InChI is InChI=1S/C30H36N4O6S/c1-22-11-9-14-24(17-22)20-32(27(29(36)31-30(2,3)4)18-23-12-7-6-8-13-23)28(35)21-33(41(5,39)40)25-15-10-16-26(19-25)34(37)38/h6-17,19,27H,18,20-21H2,1-5H3,(H,31,36). The summed E-state index contributed by atoms with van der Waals surface area (Å²) in [5, 5.41) is 14.3. The first-order chi connectivity index (χ1) is 19.1. The van der Waals surface area contributed by atoms with Gasteiger partial charge in [0.1, 0.15) is 12.6 Å². The lowest BCUT2D eigenvalue weighted by Gasteiger charge is -2.35. The van der Waals surface area contributed by atoms with E-state index in [1.807, 2.05) is 82.3 Å². The molecule has 0 aliphatic carbocycles. The first kappa shape index (κ1) is 31.3. The number of nitro benzene ring substituents is 1. The number of aryl methyl sites for hydroxylation is 1. The van der Waals surface area contributed by atoms with Crippen molar-refractivity contribution in [3.05, 3.63) is 106 Å². The smallest absolute Gasteiger partial charge is 0.271 e. The number of amides is 2. The summed E-state index contributed by atoms with van der Waals surface area (Å²) in [6, 6.07) is 20.9. The number of hydrogen-bond donors (Lipinski definition) is 1. The first-order valence-electron chi connectivity index (χ1n) is 13.1. The molecule has 3 aromatic rings. The lowest BCUT2D eigenvalue weighted by atomic mass is 10.0. The molecule has 0 fully saturated rings. The van der Waals surface area contributed by atoms with Gasteiger partial charge in [0.15, 0.2) is 0 Å². The van der Waals surface area contributed by atoms with Crippen LogP contribution in [-0.2, 0) is 32.6 Å². The van der Waals surface area contributed by atoms with Crippen LogP contribution in [0.1, 0.15) is 37.5 Å². The van der Waals surface area contributed by atoms with Gasteiger partial charge in [0.05, 0.1) is 16.9 Å². The number of anilines is 1. The Balaban J connectivity index is 2.09. The van der Waals surface area contributed by atoms with Crippen LogP contribution in [-0.4, -0.2) is 54.4 Å². The Morgan fingerprint density at radius 1 is 0.951 bits per heavy atom. The molecule has 0 heterocycles. The fraction of sp³-hybridized carbons (Fsp3) is 0.333. The summed E-state index contributed by atoms with van der Waals surface area (Å²) in [7, 11) is -4.04. The molecule has 1 atom stereocenters. The highest BCUT2D eigenvalue weighted by Crippen LogP contribution is 2.24. The largest absolute Gasteiger partial charge is 0.350 e. The maximum Gasteiger partial charge on any atom is 0.271 e. The molecule has 3 aromatic carbocycles. The molecule has 0 aliphatic rings. The van der Waals surface area contributed by atoms with Crippen molar-refractivity contribution >= 4 is 33.2 Å². The number of carbonyl (C=O) groups is 2. The predicted molar refractivity (Wildman–Crippen MR) is 159 cm³/mol. The van der Waals surface area contributed by atoms with Crippen LogP contribution in [0.4, 0.5) is 11.4 Å². The molecule has 41 heavy (non-hydrogen) atoms. The maximum absolute atomic E-state index is 14.1. The molecule has 0 aliphatic heterocycles. The van der Waals surface area contributed by atoms with Gasteiger partial charge in [-0.15, -0.1) is 0 Å². The Morgan fingerprint density at radius 2 is 1.59 bits per heavy atom. The molecule has 3 rings (SSSR count). The number of nitro groups is 1. The van der Waals surface area contributed by atoms with Crippen molar-refractivity contribution in [3.63, 3.8) is 0 Å². The quantitative estimate of drug-likeness (QED) is 0.267. The van der Waals surface area contributed by atoms with Crippen molar-refractivity contribution in [2.24, 2.45) is 0 Å². The van der Waals surface area contributed by atoms with Crippen LogP contribution in [0.2, 0.25) is 0 Å². The van der Waals surface area contributed by atoms with Gasteiger partial charge < -0.3 is 10.2 Å². The minimum atomic E-state index is -4.04. The van der Waals surface area contributed by atoms with E-state index in [0.717, 1.165) is 33.3 Å². The normalized spacial score (nSPS) is 12.3. The van der Waals surface area contributed by atoms with Crippen LogP contribution in [0, 0.1) is 17.0 Å². The Labute approximate surface area is 241 Å². The lowest BCUT2D eigenvalue weighted by Crippen LogP contribution is -2.56. The van der Waals surface area contributed by atoms with Crippen molar-refractivity contribution in [1.29, 1.82) is 0 Å². The third kappa shape index (κ3) is 9.14. The van der Waals surface area contributed by atoms with Crippen LogP contribution in [0.25, 0.3) is 0 Å². The number of benzene rings is 3. The number of non-ortho nitro benzene ring substituents is 1. The summed E-state index contributed by atoms with van der Waals surface area (Å²) in [6.07, 6.45) is 1.12. The molecule has 0 bridgehead atoms. The van der Waals surface area contributed by atoms with E-state index in [0.29, 0.717) is 0 Å². The molecule has 1 N–H and O–H groups in total. The van der Waals surface area contributed by atoms with Crippen molar-refractivity contribution in [3.8, 4) is 0 Å². The van der Waals surface area contributed by atoms with Crippen molar-refractivity contribution < 1.29 is 22.9 Å². The fourth-order valence-electron chi connectivity index (χ4n) is 4.39. The molecular weight excluding hydrogens is 544 g/mol. The van der Waals surface area contributed by atoms with Crippen LogP contribution in [0.15, 0.2) is 78.9 Å². The van der Waals surface area contributed by atoms with Gasteiger partial charge in [0.25, 0.3) is 5.69 Å². The number of nitrogens with one attached hydrogen (secondary N) is 1. The summed E-state index contributed by atoms with van der Waals surface area (Å²) in [5.74, 6) is -1.02. The van der Waals surface area contributed by atoms with E-state index in [1.54, 1.807) is 0 Å². The molecule has 218 valence electrons. The zero-order chi connectivity index (χ0) is 30.4. The van der Waals surface area contributed by atoms with E-state index in [1.165, 1.54) is 23.1 Å². The van der Waals surface area contributed by atoms with Gasteiger partial charge in [-0.05, 0) is 44.9 Å². The molecular formula is C30H36N4O6S. The summed E-state index contributed by atoms with van der Waals surface area (Å²) < 4.78 is 26.6. The van der Waals surface area contributed by atoms with Gasteiger partial charge in [0.2, 0.25) is 21.8 Å². The summed E-state index contributed by atoms with van der Waals surface area (Å²) >= 11 is 0. The van der Waals surface area contributed by atoms with Crippen LogP contribution < -0.4 is 9.62 Å². The molecule has 0 radical (unpaired) electrons. The third-order valence-electron chi connectivity index (χ3n) is 6.21. The molecule has 0 spiro atoms. The Hall–Kier alpha value is -4.25. The second-order valence-electron chi connectivity index (χ2n) is 11.0. The van der Waals surface area contributed by atoms with Gasteiger partial charge >= 0.3 is 0 Å². The van der Waals surface area contributed by atoms with Gasteiger partial charge in [-0.25, -0.2) is 8.42 Å². The van der Waals surface area contributed by atoms with Crippen molar-refractivity contribution in [2.75, 3.05) is 17.1 Å². The van der Waals surface area contributed by atoms with Gasteiger partial charge in [-0.2, -0.15) is 0 Å². The Bertz CT molecular complexity index is 1500. The topological polar surface area (TPSA) is 130 Å². The molecule has 0 aromatic heterocycles. The zero-order valence-electron chi connectivity index (χ0n) is 23.9.